The van der Waals surface area contributed by atoms with Crippen LogP contribution in [0.3, 0.4) is 0 Å². The summed E-state index contributed by atoms with van der Waals surface area (Å²) in [5, 5.41) is 18.6. The van der Waals surface area contributed by atoms with Gasteiger partial charge in [0, 0.05) is 23.8 Å². The molecule has 2 amide bonds. The summed E-state index contributed by atoms with van der Waals surface area (Å²) in [6.45, 7) is 0.538. The van der Waals surface area contributed by atoms with Crippen molar-refractivity contribution >= 4 is 51.3 Å². The Hall–Kier alpha value is -3.95. The summed E-state index contributed by atoms with van der Waals surface area (Å²) in [5.41, 5.74) is 3.40. The molecule has 0 bridgehead atoms. The second-order valence-electron chi connectivity index (χ2n) is 6.66. The van der Waals surface area contributed by atoms with E-state index in [0.717, 1.165) is 16.5 Å². The average molecular weight is 433 g/mol. The molecule has 8 nitrogen and oxygen atoms in total. The van der Waals surface area contributed by atoms with Crippen LogP contribution in [0.25, 0.3) is 10.9 Å². The fourth-order valence-corrected chi connectivity index (χ4v) is 3.92. The monoisotopic (exact) mass is 433 g/mol. The normalized spacial score (nSPS) is 10.6. The summed E-state index contributed by atoms with van der Waals surface area (Å²) in [5.74, 6) is 5.20. The number of hydrogen-bond donors (Lipinski definition) is 4. The molecule has 31 heavy (non-hydrogen) atoms. The SMILES string of the molecule is NN(C(=O)O)c1cccc(NC(=O)c2sccc2NCc2ccnc3ccccc23)c1. The van der Waals surface area contributed by atoms with Crippen LogP contribution in [0.4, 0.5) is 21.9 Å². The van der Waals surface area contributed by atoms with Crippen molar-refractivity contribution in [3.8, 4) is 0 Å². The lowest BCUT2D eigenvalue weighted by molar-refractivity contribution is 0.103. The Morgan fingerprint density at radius 2 is 1.94 bits per heavy atom. The number of aromatic nitrogens is 1. The third-order valence-electron chi connectivity index (χ3n) is 4.67. The number of nitrogens with two attached hydrogens (primary N) is 1. The molecule has 0 radical (unpaired) electrons. The number of fused-ring (bicyclic) bond motifs is 1. The standard InChI is InChI=1S/C22H19N5O3S/c23-27(22(29)30)16-5-3-4-15(12-16)26-21(28)20-19(9-11-31-20)25-13-14-8-10-24-18-7-2-1-6-17(14)18/h1-12,25H,13,23H2,(H,26,28)(H,29,30). The molecular weight excluding hydrogens is 414 g/mol. The minimum Gasteiger partial charge on any atom is -0.464 e. The Bertz CT molecular complexity index is 1250. The van der Waals surface area contributed by atoms with Gasteiger partial charge in [-0.2, -0.15) is 0 Å². The first-order valence-corrected chi connectivity index (χ1v) is 10.2. The summed E-state index contributed by atoms with van der Waals surface area (Å²) in [7, 11) is 0. The molecule has 5 N–H and O–H groups in total. The number of rotatable bonds is 6. The summed E-state index contributed by atoms with van der Waals surface area (Å²) in [6, 6.07) is 18.0. The molecule has 156 valence electrons. The van der Waals surface area contributed by atoms with Gasteiger partial charge in [-0.15, -0.1) is 11.3 Å². The molecule has 9 heteroatoms. The minimum absolute atomic E-state index is 0.249. The predicted octanol–water partition coefficient (Wildman–Crippen LogP) is 4.52. The number of hydrazine groups is 1. The zero-order chi connectivity index (χ0) is 21.8. The van der Waals surface area contributed by atoms with E-state index in [0.29, 0.717) is 27.8 Å². The van der Waals surface area contributed by atoms with Crippen molar-refractivity contribution in [1.29, 1.82) is 0 Å². The molecule has 0 aliphatic heterocycles. The fourth-order valence-electron chi connectivity index (χ4n) is 3.16. The summed E-state index contributed by atoms with van der Waals surface area (Å²) < 4.78 is 0. The lowest BCUT2D eigenvalue weighted by Crippen LogP contribution is -2.36. The van der Waals surface area contributed by atoms with Crippen molar-refractivity contribution in [2.24, 2.45) is 5.84 Å². The number of amides is 2. The van der Waals surface area contributed by atoms with E-state index in [1.54, 1.807) is 24.4 Å². The van der Waals surface area contributed by atoms with Crippen molar-refractivity contribution in [3.05, 3.63) is 82.7 Å². The van der Waals surface area contributed by atoms with Crippen LogP contribution in [0.1, 0.15) is 15.2 Å². The Balaban J connectivity index is 1.49. The number of nitrogens with zero attached hydrogens (tertiary/aromatic N) is 2. The molecule has 0 spiro atoms. The first kappa shape index (κ1) is 20.3. The van der Waals surface area contributed by atoms with E-state index in [2.05, 4.69) is 15.6 Å². The summed E-state index contributed by atoms with van der Waals surface area (Å²) in [4.78, 5) is 28.8. The van der Waals surface area contributed by atoms with Crippen LogP contribution in [0.15, 0.2) is 72.2 Å². The van der Waals surface area contributed by atoms with Gasteiger partial charge in [0.25, 0.3) is 5.91 Å². The number of pyridine rings is 1. The number of hydrogen-bond acceptors (Lipinski definition) is 6. The van der Waals surface area contributed by atoms with Crippen molar-refractivity contribution in [3.63, 3.8) is 0 Å². The van der Waals surface area contributed by atoms with Gasteiger partial charge in [0.05, 0.1) is 16.9 Å². The predicted molar refractivity (Wildman–Crippen MR) is 122 cm³/mol. The number of thiophene rings is 1. The van der Waals surface area contributed by atoms with E-state index in [4.69, 9.17) is 10.9 Å². The highest BCUT2D eigenvalue weighted by atomic mass is 32.1. The highest BCUT2D eigenvalue weighted by Gasteiger charge is 2.15. The van der Waals surface area contributed by atoms with Crippen LogP contribution >= 0.6 is 11.3 Å². The van der Waals surface area contributed by atoms with Gasteiger partial charge in [0.15, 0.2) is 0 Å². The van der Waals surface area contributed by atoms with Gasteiger partial charge in [-0.3, -0.25) is 9.78 Å². The third-order valence-corrected chi connectivity index (χ3v) is 5.58. The molecule has 0 saturated heterocycles. The second-order valence-corrected chi connectivity index (χ2v) is 7.58. The number of nitrogens with one attached hydrogen (secondary N) is 2. The molecule has 0 saturated carbocycles. The zero-order valence-electron chi connectivity index (χ0n) is 16.3. The van der Waals surface area contributed by atoms with Crippen LogP contribution in [0.5, 0.6) is 0 Å². The van der Waals surface area contributed by atoms with Crippen molar-refractivity contribution in [1.82, 2.24) is 4.98 Å². The molecule has 0 fully saturated rings. The molecule has 4 rings (SSSR count). The van der Waals surface area contributed by atoms with Gasteiger partial charge in [0.1, 0.15) is 4.88 Å². The van der Waals surface area contributed by atoms with Crippen molar-refractivity contribution in [2.45, 2.75) is 6.54 Å². The van der Waals surface area contributed by atoms with Gasteiger partial charge in [-0.05, 0) is 47.3 Å². The van der Waals surface area contributed by atoms with Gasteiger partial charge in [-0.1, -0.05) is 24.3 Å². The number of carbonyl (C=O) groups excluding carboxylic acids is 1. The number of carbonyl (C=O) groups is 2. The maximum atomic E-state index is 12.8. The molecule has 0 aliphatic carbocycles. The molecule has 0 unspecified atom stereocenters. The summed E-state index contributed by atoms with van der Waals surface area (Å²) in [6.07, 6.45) is 0.475. The lowest BCUT2D eigenvalue weighted by Gasteiger charge is -2.14. The topological polar surface area (TPSA) is 121 Å². The Kier molecular flexibility index (Phi) is 5.78. The van der Waals surface area contributed by atoms with Gasteiger partial charge in [0.2, 0.25) is 0 Å². The fraction of sp³-hybridized carbons (Fsp3) is 0.0455. The highest BCUT2D eigenvalue weighted by molar-refractivity contribution is 7.12. The number of anilines is 3. The molecule has 2 heterocycles. The molecule has 2 aromatic carbocycles. The average Bonchev–Trinajstić information content (AvgIpc) is 3.26. The summed E-state index contributed by atoms with van der Waals surface area (Å²) >= 11 is 1.31. The maximum absolute atomic E-state index is 12.8. The van der Waals surface area contributed by atoms with Crippen LogP contribution < -0.4 is 21.5 Å². The van der Waals surface area contributed by atoms with E-state index in [1.807, 2.05) is 41.8 Å². The lowest BCUT2D eigenvalue weighted by atomic mass is 10.1. The van der Waals surface area contributed by atoms with Crippen LogP contribution in [0.2, 0.25) is 0 Å². The first-order chi connectivity index (χ1) is 15.0. The Morgan fingerprint density at radius 1 is 1.10 bits per heavy atom. The first-order valence-electron chi connectivity index (χ1n) is 9.36. The molecule has 0 atom stereocenters. The van der Waals surface area contributed by atoms with Crippen LogP contribution in [-0.4, -0.2) is 22.1 Å². The highest BCUT2D eigenvalue weighted by Crippen LogP contribution is 2.26. The quantitative estimate of drug-likeness (QED) is 0.202. The molecule has 0 aliphatic rings. The largest absolute Gasteiger partial charge is 0.464 e. The Morgan fingerprint density at radius 3 is 2.77 bits per heavy atom. The minimum atomic E-state index is -1.29. The van der Waals surface area contributed by atoms with Crippen LogP contribution in [-0.2, 0) is 6.54 Å². The van der Waals surface area contributed by atoms with E-state index >= 15 is 0 Å². The molecular formula is C22H19N5O3S. The van der Waals surface area contributed by atoms with Crippen molar-refractivity contribution in [2.75, 3.05) is 15.6 Å². The number of para-hydroxylation sites is 1. The smallest absolute Gasteiger partial charge is 0.426 e. The maximum Gasteiger partial charge on any atom is 0.426 e. The van der Waals surface area contributed by atoms with Gasteiger partial charge >= 0.3 is 6.09 Å². The van der Waals surface area contributed by atoms with Crippen molar-refractivity contribution < 1.29 is 14.7 Å². The Labute approximate surface area is 181 Å². The van der Waals surface area contributed by atoms with Crippen LogP contribution in [0, 0.1) is 0 Å². The van der Waals surface area contributed by atoms with Gasteiger partial charge in [-0.25, -0.2) is 15.6 Å². The molecule has 4 aromatic rings. The van der Waals surface area contributed by atoms with E-state index in [-0.39, 0.29) is 11.6 Å². The van der Waals surface area contributed by atoms with Gasteiger partial charge < -0.3 is 15.7 Å². The van der Waals surface area contributed by atoms with E-state index in [9.17, 15) is 9.59 Å². The van der Waals surface area contributed by atoms with E-state index < -0.39 is 6.09 Å². The number of carboxylic acid groups (broad SMARTS) is 1. The third kappa shape index (κ3) is 4.47. The van der Waals surface area contributed by atoms with E-state index in [1.165, 1.54) is 17.4 Å². The second kappa shape index (κ2) is 8.82. The number of benzene rings is 2. The zero-order valence-corrected chi connectivity index (χ0v) is 17.1. The molecule has 2 aromatic heterocycles.